The van der Waals surface area contributed by atoms with E-state index in [1.165, 1.54) is 11.8 Å². The SMILES string of the molecule is CCc1nc(COc2ccc(C(=O)NCCSCC(=O)O)cc2)no1. The average molecular weight is 365 g/mol. The van der Waals surface area contributed by atoms with Crippen molar-refractivity contribution in [3.63, 3.8) is 0 Å². The van der Waals surface area contributed by atoms with Gasteiger partial charge in [-0.1, -0.05) is 12.1 Å². The molecule has 1 heterocycles. The summed E-state index contributed by atoms with van der Waals surface area (Å²) in [4.78, 5) is 26.5. The quantitative estimate of drug-likeness (QED) is 0.612. The summed E-state index contributed by atoms with van der Waals surface area (Å²) in [5.74, 6) is 1.12. The van der Waals surface area contributed by atoms with Gasteiger partial charge >= 0.3 is 5.97 Å². The Labute approximate surface area is 148 Å². The van der Waals surface area contributed by atoms with Gasteiger partial charge in [-0.3, -0.25) is 9.59 Å². The molecule has 25 heavy (non-hydrogen) atoms. The van der Waals surface area contributed by atoms with Crippen molar-refractivity contribution in [2.75, 3.05) is 18.1 Å². The summed E-state index contributed by atoms with van der Waals surface area (Å²) >= 11 is 1.25. The van der Waals surface area contributed by atoms with E-state index in [2.05, 4.69) is 15.5 Å². The van der Waals surface area contributed by atoms with Gasteiger partial charge in [-0.05, 0) is 24.3 Å². The van der Waals surface area contributed by atoms with Crippen molar-refractivity contribution >= 4 is 23.6 Å². The molecule has 0 aliphatic carbocycles. The summed E-state index contributed by atoms with van der Waals surface area (Å²) in [6, 6.07) is 6.69. The van der Waals surface area contributed by atoms with E-state index in [9.17, 15) is 9.59 Å². The third-order valence-electron chi connectivity index (χ3n) is 3.05. The Morgan fingerprint density at radius 3 is 2.72 bits per heavy atom. The first-order valence-corrected chi connectivity index (χ1v) is 8.86. The number of hydrogen-bond donors (Lipinski definition) is 2. The minimum atomic E-state index is -0.862. The van der Waals surface area contributed by atoms with Crippen LogP contribution >= 0.6 is 11.8 Å². The maximum absolute atomic E-state index is 12.0. The van der Waals surface area contributed by atoms with Crippen LogP contribution in [-0.4, -0.2) is 45.2 Å². The molecule has 2 rings (SSSR count). The Bertz CT molecular complexity index is 702. The van der Waals surface area contributed by atoms with Crippen molar-refractivity contribution in [1.29, 1.82) is 0 Å². The molecule has 0 fully saturated rings. The first-order chi connectivity index (χ1) is 12.1. The minimum Gasteiger partial charge on any atom is -0.485 e. The largest absolute Gasteiger partial charge is 0.485 e. The molecular weight excluding hydrogens is 346 g/mol. The van der Waals surface area contributed by atoms with Crippen LogP contribution in [0.1, 0.15) is 29.0 Å². The number of thioether (sulfide) groups is 1. The normalized spacial score (nSPS) is 10.4. The van der Waals surface area contributed by atoms with E-state index in [0.29, 0.717) is 41.7 Å². The number of aryl methyl sites for hydroxylation is 1. The summed E-state index contributed by atoms with van der Waals surface area (Å²) < 4.78 is 10.5. The highest BCUT2D eigenvalue weighted by molar-refractivity contribution is 7.99. The summed E-state index contributed by atoms with van der Waals surface area (Å²) in [5.41, 5.74) is 0.503. The van der Waals surface area contributed by atoms with Crippen molar-refractivity contribution in [2.45, 2.75) is 20.0 Å². The van der Waals surface area contributed by atoms with E-state index >= 15 is 0 Å². The molecule has 0 radical (unpaired) electrons. The molecule has 8 nitrogen and oxygen atoms in total. The molecule has 9 heteroatoms. The van der Waals surface area contributed by atoms with E-state index in [1.807, 2.05) is 6.92 Å². The van der Waals surface area contributed by atoms with E-state index < -0.39 is 5.97 Å². The zero-order valence-corrected chi connectivity index (χ0v) is 14.5. The lowest BCUT2D eigenvalue weighted by molar-refractivity contribution is -0.133. The molecule has 2 aromatic rings. The first kappa shape index (κ1) is 18.8. The molecule has 1 amide bonds. The van der Waals surface area contributed by atoms with Gasteiger partial charge in [0.2, 0.25) is 11.7 Å². The Balaban J connectivity index is 1.74. The van der Waals surface area contributed by atoms with Gasteiger partial charge in [-0.2, -0.15) is 4.98 Å². The van der Waals surface area contributed by atoms with E-state index in [1.54, 1.807) is 24.3 Å². The average Bonchev–Trinajstić information content (AvgIpc) is 3.08. The smallest absolute Gasteiger partial charge is 0.313 e. The number of nitrogens with zero attached hydrogens (tertiary/aromatic N) is 2. The molecule has 134 valence electrons. The van der Waals surface area contributed by atoms with E-state index in [-0.39, 0.29) is 18.3 Å². The molecule has 1 aromatic carbocycles. The van der Waals surface area contributed by atoms with Crippen molar-refractivity contribution in [2.24, 2.45) is 0 Å². The summed E-state index contributed by atoms with van der Waals surface area (Å²) in [7, 11) is 0. The zero-order chi connectivity index (χ0) is 18.1. The lowest BCUT2D eigenvalue weighted by Crippen LogP contribution is -2.25. The molecular formula is C16H19N3O5S. The highest BCUT2D eigenvalue weighted by atomic mass is 32.2. The van der Waals surface area contributed by atoms with Gasteiger partial charge in [-0.25, -0.2) is 0 Å². The van der Waals surface area contributed by atoms with Crippen molar-refractivity contribution in [3.8, 4) is 5.75 Å². The third kappa shape index (κ3) is 6.46. The summed E-state index contributed by atoms with van der Waals surface area (Å²) in [6.07, 6.45) is 0.672. The number of carbonyl (C=O) groups is 2. The van der Waals surface area contributed by atoms with Gasteiger partial charge in [0.15, 0.2) is 6.61 Å². The zero-order valence-electron chi connectivity index (χ0n) is 13.7. The minimum absolute atomic E-state index is 0.0298. The van der Waals surface area contributed by atoms with Crippen LogP contribution in [0.25, 0.3) is 0 Å². The topological polar surface area (TPSA) is 115 Å². The third-order valence-corrected chi connectivity index (χ3v) is 4.00. The van der Waals surface area contributed by atoms with E-state index in [0.717, 1.165) is 0 Å². The number of amides is 1. The van der Waals surface area contributed by atoms with E-state index in [4.69, 9.17) is 14.4 Å². The van der Waals surface area contributed by atoms with Gasteiger partial charge in [0.1, 0.15) is 5.75 Å². The number of ether oxygens (including phenoxy) is 1. The fourth-order valence-corrected chi connectivity index (χ4v) is 2.41. The van der Waals surface area contributed by atoms with Crippen LogP contribution in [0.5, 0.6) is 5.75 Å². The standard InChI is InChI=1S/C16H19N3O5S/c1-2-14-18-13(19-24-14)9-23-12-5-3-11(4-6-12)16(22)17-7-8-25-10-15(20)21/h3-6H,2,7-10H2,1H3,(H,17,22)(H,20,21). The second kappa shape index (κ2) is 9.67. The maximum Gasteiger partial charge on any atom is 0.313 e. The molecule has 1 aromatic heterocycles. The number of carboxylic acids is 1. The number of carboxylic acid groups (broad SMARTS) is 1. The summed E-state index contributed by atoms with van der Waals surface area (Å²) in [5, 5.41) is 15.1. The van der Waals surface area contributed by atoms with Gasteiger partial charge < -0.3 is 19.7 Å². The molecule has 0 saturated carbocycles. The second-order valence-corrected chi connectivity index (χ2v) is 6.08. The Kier molecular flexibility index (Phi) is 7.27. The van der Waals surface area contributed by atoms with Gasteiger partial charge in [0.05, 0.1) is 5.75 Å². The monoisotopic (exact) mass is 365 g/mol. The van der Waals surface area contributed by atoms with Crippen LogP contribution < -0.4 is 10.1 Å². The fraction of sp³-hybridized carbons (Fsp3) is 0.375. The molecule has 0 spiro atoms. The summed E-state index contributed by atoms with van der Waals surface area (Å²) in [6.45, 7) is 2.52. The molecule has 0 unspecified atom stereocenters. The number of hydrogen-bond acceptors (Lipinski definition) is 7. The lowest BCUT2D eigenvalue weighted by atomic mass is 10.2. The van der Waals surface area contributed by atoms with Gasteiger partial charge in [-0.15, -0.1) is 11.8 Å². The number of benzene rings is 1. The van der Waals surface area contributed by atoms with Crippen molar-refractivity contribution < 1.29 is 24.0 Å². The van der Waals surface area contributed by atoms with Crippen LogP contribution in [0.3, 0.4) is 0 Å². The van der Waals surface area contributed by atoms with Crippen molar-refractivity contribution in [3.05, 3.63) is 41.5 Å². The highest BCUT2D eigenvalue weighted by Crippen LogP contribution is 2.14. The Morgan fingerprint density at radius 2 is 2.08 bits per heavy atom. The predicted molar refractivity (Wildman–Crippen MR) is 91.7 cm³/mol. The molecule has 0 saturated heterocycles. The Morgan fingerprint density at radius 1 is 1.32 bits per heavy atom. The maximum atomic E-state index is 12.0. The van der Waals surface area contributed by atoms with Crippen LogP contribution in [-0.2, 0) is 17.8 Å². The van der Waals surface area contributed by atoms with Gasteiger partial charge in [0, 0.05) is 24.3 Å². The predicted octanol–water partition coefficient (Wildman–Crippen LogP) is 1.76. The van der Waals surface area contributed by atoms with Gasteiger partial charge in [0.25, 0.3) is 5.91 Å². The number of aromatic nitrogens is 2. The van der Waals surface area contributed by atoms with Crippen LogP contribution in [0.4, 0.5) is 0 Å². The molecule has 2 N–H and O–H groups in total. The van der Waals surface area contributed by atoms with Crippen molar-refractivity contribution in [1.82, 2.24) is 15.5 Å². The second-order valence-electron chi connectivity index (χ2n) is 4.97. The first-order valence-electron chi connectivity index (χ1n) is 7.70. The molecule has 0 aliphatic rings. The number of aliphatic carboxylic acids is 1. The number of carbonyl (C=O) groups excluding carboxylic acids is 1. The molecule has 0 atom stereocenters. The Hall–Kier alpha value is -2.55. The van der Waals surface area contributed by atoms with Crippen LogP contribution in [0.15, 0.2) is 28.8 Å². The lowest BCUT2D eigenvalue weighted by Gasteiger charge is -2.06. The number of rotatable bonds is 10. The fourth-order valence-electron chi connectivity index (χ4n) is 1.84. The van der Waals surface area contributed by atoms with Crippen LogP contribution in [0, 0.1) is 0 Å². The molecule has 0 bridgehead atoms. The highest BCUT2D eigenvalue weighted by Gasteiger charge is 2.07. The number of nitrogens with one attached hydrogen (secondary N) is 1. The molecule has 0 aliphatic heterocycles. The van der Waals surface area contributed by atoms with Crippen LogP contribution in [0.2, 0.25) is 0 Å².